The number of aromatic nitrogens is 2. The first-order chi connectivity index (χ1) is 12.5. The molecule has 7 heteroatoms. The lowest BCUT2D eigenvalue weighted by Gasteiger charge is -2.08. The van der Waals surface area contributed by atoms with Crippen LogP contribution in [0.1, 0.15) is 12.8 Å². The number of carboxylic acid groups (broad SMARTS) is 1. The predicted molar refractivity (Wildman–Crippen MR) is 99.5 cm³/mol. The van der Waals surface area contributed by atoms with E-state index in [4.69, 9.17) is 16.7 Å². The Balaban J connectivity index is 1.96. The summed E-state index contributed by atoms with van der Waals surface area (Å²) in [5.74, 6) is -0.967. The molecule has 2 aromatic carbocycles. The summed E-state index contributed by atoms with van der Waals surface area (Å²) in [6, 6.07) is 18.4. The van der Waals surface area contributed by atoms with Crippen molar-refractivity contribution < 1.29 is 14.7 Å². The topological polar surface area (TPSA) is 84.2 Å². The van der Waals surface area contributed by atoms with Gasteiger partial charge in [0, 0.05) is 23.1 Å². The van der Waals surface area contributed by atoms with Gasteiger partial charge in [0.25, 0.3) is 0 Å². The lowest BCUT2D eigenvalue weighted by atomic mass is 10.1. The first-order valence-electron chi connectivity index (χ1n) is 7.96. The zero-order valence-electron chi connectivity index (χ0n) is 13.7. The molecule has 0 radical (unpaired) electrons. The van der Waals surface area contributed by atoms with Gasteiger partial charge in [-0.3, -0.25) is 9.59 Å². The third-order valence-electron chi connectivity index (χ3n) is 3.67. The summed E-state index contributed by atoms with van der Waals surface area (Å²) >= 11 is 6.07. The molecule has 0 unspecified atom stereocenters. The van der Waals surface area contributed by atoms with Crippen molar-refractivity contribution in [3.63, 3.8) is 0 Å². The Hall–Kier alpha value is -3.12. The predicted octanol–water partition coefficient (Wildman–Crippen LogP) is 4.00. The van der Waals surface area contributed by atoms with Crippen LogP contribution in [0.2, 0.25) is 5.02 Å². The Morgan fingerprint density at radius 3 is 2.50 bits per heavy atom. The minimum atomic E-state index is -1.02. The maximum Gasteiger partial charge on any atom is 0.303 e. The third-order valence-corrected chi connectivity index (χ3v) is 3.90. The van der Waals surface area contributed by atoms with Gasteiger partial charge in [0.05, 0.1) is 17.8 Å². The van der Waals surface area contributed by atoms with E-state index in [1.165, 1.54) is 0 Å². The lowest BCUT2D eigenvalue weighted by molar-refractivity contribution is -0.138. The number of amides is 1. The highest BCUT2D eigenvalue weighted by Gasteiger charge is 2.14. The number of anilines is 1. The van der Waals surface area contributed by atoms with Gasteiger partial charge in [0.2, 0.25) is 5.91 Å². The molecule has 0 bridgehead atoms. The number of rotatable bonds is 6. The number of halogens is 1. The summed E-state index contributed by atoms with van der Waals surface area (Å²) in [7, 11) is 0. The Morgan fingerprint density at radius 1 is 1.04 bits per heavy atom. The number of hydrogen-bond acceptors (Lipinski definition) is 3. The zero-order chi connectivity index (χ0) is 18.5. The molecule has 1 aromatic heterocycles. The fourth-order valence-corrected chi connectivity index (χ4v) is 2.64. The average molecular weight is 370 g/mol. The Morgan fingerprint density at radius 2 is 1.81 bits per heavy atom. The largest absolute Gasteiger partial charge is 0.481 e. The first kappa shape index (κ1) is 17.7. The molecule has 2 N–H and O–H groups in total. The highest BCUT2D eigenvalue weighted by molar-refractivity contribution is 6.30. The van der Waals surface area contributed by atoms with E-state index in [0.717, 1.165) is 5.56 Å². The van der Waals surface area contributed by atoms with Gasteiger partial charge in [-0.05, 0) is 18.2 Å². The molecule has 0 atom stereocenters. The van der Waals surface area contributed by atoms with Crippen LogP contribution in [0.15, 0.2) is 60.7 Å². The lowest BCUT2D eigenvalue weighted by Crippen LogP contribution is -2.16. The number of benzene rings is 2. The normalized spacial score (nSPS) is 10.5. The number of carbonyl (C=O) groups excluding carboxylic acids is 1. The van der Waals surface area contributed by atoms with Crippen LogP contribution in [-0.4, -0.2) is 26.8 Å². The van der Waals surface area contributed by atoms with E-state index in [2.05, 4.69) is 10.4 Å². The molecule has 0 spiro atoms. The summed E-state index contributed by atoms with van der Waals surface area (Å²) in [5.41, 5.74) is 2.27. The molecule has 0 saturated heterocycles. The van der Waals surface area contributed by atoms with Crippen LogP contribution in [0.5, 0.6) is 0 Å². The highest BCUT2D eigenvalue weighted by atomic mass is 35.5. The molecule has 26 heavy (non-hydrogen) atoms. The standard InChI is InChI=1S/C19H16ClN3O3/c20-14-7-4-8-15(11-14)23-17(21-18(24)9-10-19(25)26)12-16(22-23)13-5-2-1-3-6-13/h1-8,11-12H,9-10H2,(H,21,24)(H,25,26). The van der Waals surface area contributed by atoms with Crippen LogP contribution in [0, 0.1) is 0 Å². The molecule has 0 fully saturated rings. The van der Waals surface area contributed by atoms with E-state index in [-0.39, 0.29) is 12.8 Å². The van der Waals surface area contributed by atoms with Gasteiger partial charge in [-0.2, -0.15) is 5.10 Å². The van der Waals surface area contributed by atoms with Gasteiger partial charge in [-0.1, -0.05) is 48.0 Å². The van der Waals surface area contributed by atoms with Gasteiger partial charge in [-0.15, -0.1) is 0 Å². The number of aliphatic carboxylic acids is 1. The first-order valence-corrected chi connectivity index (χ1v) is 8.34. The van der Waals surface area contributed by atoms with Crippen molar-refractivity contribution in [3.8, 4) is 16.9 Å². The molecule has 0 aliphatic rings. The second-order valence-corrected chi connectivity index (χ2v) is 6.05. The van der Waals surface area contributed by atoms with Gasteiger partial charge < -0.3 is 10.4 Å². The van der Waals surface area contributed by atoms with Crippen LogP contribution in [0.25, 0.3) is 16.9 Å². The molecular formula is C19H16ClN3O3. The summed E-state index contributed by atoms with van der Waals surface area (Å²) < 4.78 is 1.58. The molecule has 0 aliphatic heterocycles. The molecule has 6 nitrogen and oxygen atoms in total. The van der Waals surface area contributed by atoms with E-state index in [1.807, 2.05) is 36.4 Å². The number of nitrogens with zero attached hydrogens (tertiary/aromatic N) is 2. The van der Waals surface area contributed by atoms with E-state index < -0.39 is 11.9 Å². The molecule has 1 heterocycles. The Bertz CT molecular complexity index is 938. The number of carboxylic acids is 1. The molecule has 0 saturated carbocycles. The summed E-state index contributed by atoms with van der Waals surface area (Å²) in [4.78, 5) is 22.7. The second-order valence-electron chi connectivity index (χ2n) is 5.61. The van der Waals surface area contributed by atoms with Crippen molar-refractivity contribution in [2.24, 2.45) is 0 Å². The summed E-state index contributed by atoms with van der Waals surface area (Å²) in [5, 5.41) is 16.6. The van der Waals surface area contributed by atoms with E-state index in [9.17, 15) is 9.59 Å². The molecule has 132 valence electrons. The highest BCUT2D eigenvalue weighted by Crippen LogP contribution is 2.26. The van der Waals surface area contributed by atoms with E-state index in [0.29, 0.717) is 22.2 Å². The molecule has 0 aliphatic carbocycles. The second kappa shape index (κ2) is 7.84. The van der Waals surface area contributed by atoms with Gasteiger partial charge >= 0.3 is 5.97 Å². The zero-order valence-corrected chi connectivity index (χ0v) is 14.5. The molecule has 3 aromatic rings. The minimum absolute atomic E-state index is 0.114. The van der Waals surface area contributed by atoms with Crippen molar-refractivity contribution in [1.82, 2.24) is 9.78 Å². The maximum atomic E-state index is 12.1. The van der Waals surface area contributed by atoms with Crippen LogP contribution in [0.3, 0.4) is 0 Å². The Labute approximate surface area is 155 Å². The summed E-state index contributed by atoms with van der Waals surface area (Å²) in [6.07, 6.45) is -0.348. The van der Waals surface area contributed by atoms with Crippen molar-refractivity contribution in [2.45, 2.75) is 12.8 Å². The smallest absolute Gasteiger partial charge is 0.303 e. The van der Waals surface area contributed by atoms with Crippen molar-refractivity contribution in [1.29, 1.82) is 0 Å². The molecule has 1 amide bonds. The van der Waals surface area contributed by atoms with Crippen LogP contribution in [-0.2, 0) is 9.59 Å². The number of carbonyl (C=O) groups is 2. The average Bonchev–Trinajstić information content (AvgIpc) is 3.04. The van der Waals surface area contributed by atoms with Gasteiger partial charge in [0.1, 0.15) is 5.82 Å². The third kappa shape index (κ3) is 4.29. The Kier molecular flexibility index (Phi) is 5.34. The van der Waals surface area contributed by atoms with E-state index in [1.54, 1.807) is 28.9 Å². The molecule has 3 rings (SSSR count). The maximum absolute atomic E-state index is 12.1. The molecular weight excluding hydrogens is 354 g/mol. The van der Waals surface area contributed by atoms with Gasteiger partial charge in [-0.25, -0.2) is 4.68 Å². The number of hydrogen-bond donors (Lipinski definition) is 2. The van der Waals surface area contributed by atoms with Crippen LogP contribution < -0.4 is 5.32 Å². The monoisotopic (exact) mass is 369 g/mol. The van der Waals surface area contributed by atoms with E-state index >= 15 is 0 Å². The minimum Gasteiger partial charge on any atom is -0.481 e. The van der Waals surface area contributed by atoms with Gasteiger partial charge in [0.15, 0.2) is 0 Å². The number of nitrogens with one attached hydrogen (secondary N) is 1. The van der Waals surface area contributed by atoms with Crippen molar-refractivity contribution in [2.75, 3.05) is 5.32 Å². The van der Waals surface area contributed by atoms with Crippen molar-refractivity contribution in [3.05, 3.63) is 65.7 Å². The quantitative estimate of drug-likeness (QED) is 0.688. The van der Waals surface area contributed by atoms with Crippen LogP contribution >= 0.6 is 11.6 Å². The summed E-state index contributed by atoms with van der Waals surface area (Å²) in [6.45, 7) is 0. The van der Waals surface area contributed by atoms with Crippen LogP contribution in [0.4, 0.5) is 5.82 Å². The fraction of sp³-hybridized carbons (Fsp3) is 0.105. The fourth-order valence-electron chi connectivity index (χ4n) is 2.45. The SMILES string of the molecule is O=C(O)CCC(=O)Nc1cc(-c2ccccc2)nn1-c1cccc(Cl)c1. The van der Waals surface area contributed by atoms with Crippen molar-refractivity contribution >= 4 is 29.3 Å².